The summed E-state index contributed by atoms with van der Waals surface area (Å²) in [5.41, 5.74) is 6.23. The number of rotatable bonds is 3. The number of methoxy groups -OCH3 is 1. The number of amides is 1. The van der Waals surface area contributed by atoms with E-state index in [2.05, 4.69) is 19.8 Å². The highest BCUT2D eigenvalue weighted by Gasteiger charge is 2.43. The van der Waals surface area contributed by atoms with Crippen molar-refractivity contribution in [2.45, 2.75) is 6.29 Å². The number of hydrogen-bond acceptors (Lipinski definition) is 6. The summed E-state index contributed by atoms with van der Waals surface area (Å²) < 4.78 is 39.4. The number of ether oxygens (including phenoxy) is 3. The van der Waals surface area contributed by atoms with Crippen molar-refractivity contribution in [3.05, 3.63) is 36.0 Å². The quantitative estimate of drug-likeness (QED) is 0.899. The number of halogens is 2. The Kier molecular flexibility index (Phi) is 3.40. The van der Waals surface area contributed by atoms with Crippen molar-refractivity contribution in [3.63, 3.8) is 0 Å². The lowest BCUT2D eigenvalue weighted by molar-refractivity contribution is -0.286. The Labute approximate surface area is 129 Å². The number of nitrogens with two attached hydrogens (primary N) is 1. The number of fused-ring (bicyclic) bond motifs is 1. The SMILES string of the molecule is COc1cc(C(=O)Nc2ccc3c(c2)OC(F)(F)O3)c(N)cn1. The number of carbonyl (C=O) groups excluding carboxylic acids is 1. The second-order valence-corrected chi connectivity index (χ2v) is 4.60. The van der Waals surface area contributed by atoms with Crippen LogP contribution >= 0.6 is 0 Å². The monoisotopic (exact) mass is 323 g/mol. The molecule has 0 spiro atoms. The molecule has 1 aromatic heterocycles. The van der Waals surface area contributed by atoms with Gasteiger partial charge in [0.1, 0.15) is 0 Å². The summed E-state index contributed by atoms with van der Waals surface area (Å²) in [6.45, 7) is 0. The second kappa shape index (κ2) is 5.27. The highest BCUT2D eigenvalue weighted by Crippen LogP contribution is 2.42. The first kappa shape index (κ1) is 14.8. The number of nitrogen functional groups attached to an aromatic ring is 1. The minimum absolute atomic E-state index is 0.113. The predicted octanol–water partition coefficient (Wildman–Crippen LogP) is 2.25. The van der Waals surface area contributed by atoms with Gasteiger partial charge in [0.15, 0.2) is 11.5 Å². The Morgan fingerprint density at radius 1 is 1.30 bits per heavy atom. The Balaban J connectivity index is 1.82. The van der Waals surface area contributed by atoms with Crippen LogP contribution < -0.4 is 25.3 Å². The largest absolute Gasteiger partial charge is 0.586 e. The molecule has 3 N–H and O–H groups in total. The van der Waals surface area contributed by atoms with Crippen LogP contribution in [0.4, 0.5) is 20.2 Å². The molecule has 0 radical (unpaired) electrons. The average Bonchev–Trinajstić information content (AvgIpc) is 2.80. The number of pyridine rings is 1. The summed E-state index contributed by atoms with van der Waals surface area (Å²) in [6.07, 6.45) is -2.43. The van der Waals surface area contributed by atoms with Gasteiger partial charge in [0.05, 0.1) is 24.6 Å². The van der Waals surface area contributed by atoms with E-state index in [4.69, 9.17) is 10.5 Å². The van der Waals surface area contributed by atoms with Crippen LogP contribution in [-0.2, 0) is 0 Å². The van der Waals surface area contributed by atoms with E-state index in [0.717, 1.165) is 0 Å². The van der Waals surface area contributed by atoms with Crippen molar-refractivity contribution >= 4 is 17.3 Å². The number of benzene rings is 1. The third-order valence-corrected chi connectivity index (χ3v) is 3.02. The molecule has 0 fully saturated rings. The van der Waals surface area contributed by atoms with Gasteiger partial charge < -0.3 is 25.3 Å². The molecule has 2 aromatic rings. The van der Waals surface area contributed by atoms with Crippen molar-refractivity contribution in [1.29, 1.82) is 0 Å². The molecule has 1 aliphatic rings. The molecule has 3 rings (SSSR count). The van der Waals surface area contributed by atoms with Crippen molar-refractivity contribution in [2.75, 3.05) is 18.2 Å². The zero-order chi connectivity index (χ0) is 16.6. The molecular formula is C14H11F2N3O4. The summed E-state index contributed by atoms with van der Waals surface area (Å²) in [7, 11) is 1.40. The van der Waals surface area contributed by atoms with E-state index in [-0.39, 0.29) is 34.3 Å². The van der Waals surface area contributed by atoms with Crippen molar-refractivity contribution in [3.8, 4) is 17.4 Å². The number of nitrogens with zero attached hydrogens (tertiary/aromatic N) is 1. The molecule has 1 aliphatic heterocycles. The van der Waals surface area contributed by atoms with Crippen LogP contribution in [0, 0.1) is 0 Å². The standard InChI is InChI=1S/C14H11F2N3O4/c1-21-12-5-8(9(17)6-18-12)13(20)19-7-2-3-10-11(4-7)23-14(15,16)22-10/h2-6H,17H2,1H3,(H,19,20). The van der Waals surface area contributed by atoms with Crippen LogP contribution in [0.1, 0.15) is 10.4 Å². The topological polar surface area (TPSA) is 95.7 Å². The summed E-state index contributed by atoms with van der Waals surface area (Å²) in [6, 6.07) is 5.26. The highest BCUT2D eigenvalue weighted by atomic mass is 19.3. The fourth-order valence-corrected chi connectivity index (χ4v) is 1.98. The van der Waals surface area contributed by atoms with Crippen molar-refractivity contribution in [2.24, 2.45) is 0 Å². The first-order valence-electron chi connectivity index (χ1n) is 6.39. The number of carbonyl (C=O) groups is 1. The zero-order valence-corrected chi connectivity index (χ0v) is 11.8. The Morgan fingerprint density at radius 3 is 2.78 bits per heavy atom. The van der Waals surface area contributed by atoms with Crippen LogP contribution in [0.2, 0.25) is 0 Å². The van der Waals surface area contributed by atoms with Crippen molar-refractivity contribution < 1.29 is 27.8 Å². The Bertz CT molecular complexity index is 783. The lowest BCUT2D eigenvalue weighted by atomic mass is 10.2. The maximum Gasteiger partial charge on any atom is 0.586 e. The normalized spacial score (nSPS) is 14.4. The molecule has 0 aliphatic carbocycles. The smallest absolute Gasteiger partial charge is 0.481 e. The Morgan fingerprint density at radius 2 is 2.04 bits per heavy atom. The van der Waals surface area contributed by atoms with E-state index in [1.54, 1.807) is 0 Å². The van der Waals surface area contributed by atoms with E-state index in [9.17, 15) is 13.6 Å². The van der Waals surface area contributed by atoms with E-state index in [1.807, 2.05) is 0 Å². The summed E-state index contributed by atoms with van der Waals surface area (Å²) >= 11 is 0. The molecule has 0 atom stereocenters. The molecule has 9 heteroatoms. The van der Waals surface area contributed by atoms with Crippen LogP contribution in [0.5, 0.6) is 17.4 Å². The third-order valence-electron chi connectivity index (χ3n) is 3.02. The van der Waals surface area contributed by atoms with Crippen LogP contribution in [0.15, 0.2) is 30.5 Å². The molecule has 0 saturated heterocycles. The fraction of sp³-hybridized carbons (Fsp3) is 0.143. The molecule has 1 aromatic carbocycles. The average molecular weight is 323 g/mol. The van der Waals surface area contributed by atoms with Crippen LogP contribution in [0.25, 0.3) is 0 Å². The van der Waals surface area contributed by atoms with Gasteiger partial charge in [-0.1, -0.05) is 0 Å². The number of hydrogen-bond donors (Lipinski definition) is 2. The van der Waals surface area contributed by atoms with Gasteiger partial charge in [0, 0.05) is 17.8 Å². The van der Waals surface area contributed by atoms with Crippen molar-refractivity contribution in [1.82, 2.24) is 4.98 Å². The van der Waals surface area contributed by atoms with E-state index >= 15 is 0 Å². The molecule has 7 nitrogen and oxygen atoms in total. The lowest BCUT2D eigenvalue weighted by Crippen LogP contribution is -2.25. The molecule has 23 heavy (non-hydrogen) atoms. The number of aromatic nitrogens is 1. The molecule has 1 amide bonds. The van der Waals surface area contributed by atoms with Gasteiger partial charge in [-0.3, -0.25) is 4.79 Å². The molecule has 2 heterocycles. The molecule has 0 saturated carbocycles. The third kappa shape index (κ3) is 2.93. The maximum absolute atomic E-state index is 13.0. The predicted molar refractivity (Wildman–Crippen MR) is 75.8 cm³/mol. The van der Waals surface area contributed by atoms with E-state index in [0.29, 0.717) is 0 Å². The Hall–Kier alpha value is -3.10. The van der Waals surface area contributed by atoms with Gasteiger partial charge in [-0.25, -0.2) is 4.98 Å². The van der Waals surface area contributed by atoms with Gasteiger partial charge in [-0.15, -0.1) is 8.78 Å². The first-order chi connectivity index (χ1) is 10.9. The minimum Gasteiger partial charge on any atom is -0.481 e. The van der Waals surface area contributed by atoms with Gasteiger partial charge in [0.2, 0.25) is 5.88 Å². The fourth-order valence-electron chi connectivity index (χ4n) is 1.98. The molecule has 120 valence electrons. The number of nitrogens with one attached hydrogen (secondary N) is 1. The summed E-state index contributed by atoms with van der Waals surface area (Å²) in [5.74, 6) is -0.616. The number of alkyl halides is 2. The number of anilines is 2. The molecular weight excluding hydrogens is 312 g/mol. The van der Waals surface area contributed by atoms with E-state index < -0.39 is 12.2 Å². The van der Waals surface area contributed by atoms with Crippen LogP contribution in [-0.4, -0.2) is 24.3 Å². The molecule has 0 unspecified atom stereocenters. The van der Waals surface area contributed by atoms with Gasteiger partial charge in [-0.2, -0.15) is 0 Å². The van der Waals surface area contributed by atoms with E-state index in [1.165, 1.54) is 37.6 Å². The van der Waals surface area contributed by atoms with Crippen LogP contribution in [0.3, 0.4) is 0 Å². The lowest BCUT2D eigenvalue weighted by Gasteiger charge is -2.09. The minimum atomic E-state index is -3.71. The van der Waals surface area contributed by atoms with Gasteiger partial charge >= 0.3 is 6.29 Å². The highest BCUT2D eigenvalue weighted by molar-refractivity contribution is 6.07. The maximum atomic E-state index is 13.0. The molecule has 0 bridgehead atoms. The zero-order valence-electron chi connectivity index (χ0n) is 11.8. The van der Waals surface area contributed by atoms with Gasteiger partial charge in [-0.05, 0) is 12.1 Å². The summed E-state index contributed by atoms with van der Waals surface area (Å²) in [5, 5.41) is 2.52. The van der Waals surface area contributed by atoms with Gasteiger partial charge in [0.25, 0.3) is 5.91 Å². The second-order valence-electron chi connectivity index (χ2n) is 4.60. The first-order valence-corrected chi connectivity index (χ1v) is 6.39. The summed E-state index contributed by atoms with van der Waals surface area (Å²) in [4.78, 5) is 16.1.